The second-order valence-electron chi connectivity index (χ2n) is 6.49. The first-order valence-corrected chi connectivity index (χ1v) is 9.60. The van der Waals surface area contributed by atoms with Gasteiger partial charge in [-0.05, 0) is 66.6 Å². The number of phenolic OH excluding ortho intramolecular Hbond substituents is 1. The van der Waals surface area contributed by atoms with Crippen LogP contribution in [0.4, 0.5) is 10.5 Å². The monoisotopic (exact) mass is 412 g/mol. The Morgan fingerprint density at radius 2 is 2.00 bits per heavy atom. The summed E-state index contributed by atoms with van der Waals surface area (Å²) in [6, 6.07) is 10.1. The van der Waals surface area contributed by atoms with Gasteiger partial charge in [0.2, 0.25) is 5.91 Å². The van der Waals surface area contributed by atoms with Crippen LogP contribution in [-0.2, 0) is 9.59 Å². The molecule has 2 aromatic rings. The van der Waals surface area contributed by atoms with Crippen molar-refractivity contribution in [2.24, 2.45) is 0 Å². The number of amides is 3. The number of nitrogens with zero attached hydrogens (tertiary/aromatic N) is 1. The summed E-state index contributed by atoms with van der Waals surface area (Å²) in [4.78, 5) is 38.3. The Morgan fingerprint density at radius 1 is 1.24 bits per heavy atom. The van der Waals surface area contributed by atoms with Gasteiger partial charge in [0.1, 0.15) is 6.54 Å². The van der Waals surface area contributed by atoms with Crippen molar-refractivity contribution in [3.8, 4) is 11.5 Å². The normalized spacial score (nSPS) is 15.1. The standard InChI is InChI=1S/C21H20N2O5S/c1-12-5-4-6-15(13(12)2)22-19(25)11-23-20(26)18(29-21(23)27)10-14-7-8-16(24)17(9-14)28-3/h4-10,24H,11H2,1-3H3,(H,22,25)/b18-10+. The third-order valence-electron chi connectivity index (χ3n) is 4.56. The number of imide groups is 1. The third-order valence-corrected chi connectivity index (χ3v) is 5.46. The van der Waals surface area contributed by atoms with E-state index in [2.05, 4.69) is 5.32 Å². The van der Waals surface area contributed by atoms with E-state index in [0.29, 0.717) is 11.3 Å². The molecule has 2 N–H and O–H groups in total. The van der Waals surface area contributed by atoms with Crippen molar-refractivity contribution in [1.29, 1.82) is 0 Å². The van der Waals surface area contributed by atoms with Crippen LogP contribution < -0.4 is 10.1 Å². The van der Waals surface area contributed by atoms with Gasteiger partial charge in [0, 0.05) is 5.69 Å². The van der Waals surface area contributed by atoms with Crippen molar-refractivity contribution < 1.29 is 24.2 Å². The average molecular weight is 412 g/mol. The molecule has 3 rings (SSSR count). The molecule has 1 aliphatic heterocycles. The zero-order valence-electron chi connectivity index (χ0n) is 16.2. The lowest BCUT2D eigenvalue weighted by molar-refractivity contribution is -0.127. The van der Waals surface area contributed by atoms with E-state index in [1.54, 1.807) is 18.2 Å². The molecule has 29 heavy (non-hydrogen) atoms. The first-order chi connectivity index (χ1) is 13.8. The number of hydrogen-bond donors (Lipinski definition) is 2. The average Bonchev–Trinajstić information content (AvgIpc) is 2.94. The molecule has 0 aromatic heterocycles. The molecule has 0 radical (unpaired) electrons. The van der Waals surface area contributed by atoms with Crippen LogP contribution in [0.5, 0.6) is 11.5 Å². The minimum absolute atomic E-state index is 0.0270. The molecular formula is C21H20N2O5S. The van der Waals surface area contributed by atoms with E-state index >= 15 is 0 Å². The number of methoxy groups -OCH3 is 1. The molecule has 1 aliphatic rings. The third kappa shape index (κ3) is 4.43. The Morgan fingerprint density at radius 3 is 2.72 bits per heavy atom. The number of anilines is 1. The highest BCUT2D eigenvalue weighted by Gasteiger charge is 2.36. The van der Waals surface area contributed by atoms with Crippen LogP contribution >= 0.6 is 11.8 Å². The van der Waals surface area contributed by atoms with Crippen LogP contribution in [0.1, 0.15) is 16.7 Å². The summed E-state index contributed by atoms with van der Waals surface area (Å²) in [6.45, 7) is 3.46. The summed E-state index contributed by atoms with van der Waals surface area (Å²) < 4.78 is 5.05. The van der Waals surface area contributed by atoms with Crippen LogP contribution in [0.2, 0.25) is 0 Å². The molecule has 3 amide bonds. The molecule has 8 heteroatoms. The summed E-state index contributed by atoms with van der Waals surface area (Å²) in [5.74, 6) is -0.761. The van der Waals surface area contributed by atoms with E-state index in [1.165, 1.54) is 19.3 Å². The molecule has 2 aromatic carbocycles. The molecule has 0 bridgehead atoms. The Balaban J connectivity index is 1.73. The summed E-state index contributed by atoms with van der Waals surface area (Å²) in [7, 11) is 1.42. The maximum absolute atomic E-state index is 12.6. The second-order valence-corrected chi connectivity index (χ2v) is 7.49. The van der Waals surface area contributed by atoms with Crippen LogP contribution in [-0.4, -0.2) is 40.7 Å². The van der Waals surface area contributed by atoms with E-state index < -0.39 is 17.1 Å². The van der Waals surface area contributed by atoms with Gasteiger partial charge in [-0.2, -0.15) is 0 Å². The maximum Gasteiger partial charge on any atom is 0.294 e. The summed E-state index contributed by atoms with van der Waals surface area (Å²) >= 11 is 0.763. The van der Waals surface area contributed by atoms with Gasteiger partial charge in [0.05, 0.1) is 12.0 Å². The molecule has 1 fully saturated rings. The van der Waals surface area contributed by atoms with Gasteiger partial charge in [0.15, 0.2) is 11.5 Å². The number of aryl methyl sites for hydroxylation is 1. The minimum atomic E-state index is -0.539. The highest BCUT2D eigenvalue weighted by Crippen LogP contribution is 2.34. The molecule has 1 heterocycles. The molecule has 7 nitrogen and oxygen atoms in total. The fourth-order valence-corrected chi connectivity index (χ4v) is 3.63. The fraction of sp³-hybridized carbons (Fsp3) is 0.190. The van der Waals surface area contributed by atoms with Gasteiger partial charge >= 0.3 is 0 Å². The van der Waals surface area contributed by atoms with Gasteiger partial charge < -0.3 is 15.2 Å². The first kappa shape index (κ1) is 20.5. The molecule has 0 atom stereocenters. The largest absolute Gasteiger partial charge is 0.504 e. The lowest BCUT2D eigenvalue weighted by atomic mass is 10.1. The Kier molecular flexibility index (Phi) is 5.93. The summed E-state index contributed by atoms with van der Waals surface area (Å²) in [5, 5.41) is 11.9. The summed E-state index contributed by atoms with van der Waals surface area (Å²) in [6.07, 6.45) is 1.52. The van der Waals surface area contributed by atoms with Crippen molar-refractivity contribution in [2.75, 3.05) is 19.0 Å². The number of hydrogen-bond acceptors (Lipinski definition) is 6. The summed E-state index contributed by atoms with van der Waals surface area (Å²) in [5.41, 5.74) is 3.19. The number of ether oxygens (including phenoxy) is 1. The van der Waals surface area contributed by atoms with Gasteiger partial charge in [-0.25, -0.2) is 0 Å². The topological polar surface area (TPSA) is 95.9 Å². The number of carbonyl (C=O) groups excluding carboxylic acids is 3. The van der Waals surface area contributed by atoms with Gasteiger partial charge in [-0.1, -0.05) is 18.2 Å². The van der Waals surface area contributed by atoms with E-state index in [0.717, 1.165) is 27.8 Å². The second kappa shape index (κ2) is 8.40. The van der Waals surface area contributed by atoms with Crippen LogP contribution in [0.25, 0.3) is 6.08 Å². The highest BCUT2D eigenvalue weighted by atomic mass is 32.2. The van der Waals surface area contributed by atoms with Gasteiger partial charge in [0.25, 0.3) is 11.1 Å². The zero-order valence-corrected chi connectivity index (χ0v) is 17.0. The zero-order chi connectivity index (χ0) is 21.1. The minimum Gasteiger partial charge on any atom is -0.504 e. The molecule has 1 saturated heterocycles. The fourth-order valence-electron chi connectivity index (χ4n) is 2.79. The smallest absolute Gasteiger partial charge is 0.294 e. The predicted octanol–water partition coefficient (Wildman–Crippen LogP) is 3.69. The molecule has 0 saturated carbocycles. The maximum atomic E-state index is 12.6. The molecule has 0 aliphatic carbocycles. The van der Waals surface area contributed by atoms with Crippen LogP contribution in [0, 0.1) is 13.8 Å². The van der Waals surface area contributed by atoms with Crippen molar-refractivity contribution in [3.63, 3.8) is 0 Å². The Hall–Kier alpha value is -3.26. The lowest BCUT2D eigenvalue weighted by Crippen LogP contribution is -2.36. The van der Waals surface area contributed by atoms with Crippen LogP contribution in [0.3, 0.4) is 0 Å². The van der Waals surface area contributed by atoms with E-state index in [1.807, 2.05) is 26.0 Å². The SMILES string of the molecule is COc1cc(/C=C2/SC(=O)N(CC(=O)Nc3cccc(C)c3C)C2=O)ccc1O. The van der Waals surface area contributed by atoms with Gasteiger partial charge in [-0.15, -0.1) is 0 Å². The van der Waals surface area contributed by atoms with Crippen LogP contribution in [0.15, 0.2) is 41.3 Å². The quantitative estimate of drug-likeness (QED) is 0.727. The predicted molar refractivity (Wildman–Crippen MR) is 112 cm³/mol. The van der Waals surface area contributed by atoms with E-state index in [-0.39, 0.29) is 22.9 Å². The number of nitrogens with one attached hydrogen (secondary N) is 1. The molecule has 0 unspecified atom stereocenters. The molecule has 0 spiro atoms. The number of aromatic hydroxyl groups is 1. The number of phenols is 1. The number of thioether (sulfide) groups is 1. The Labute approximate surface area is 172 Å². The van der Waals surface area contributed by atoms with Crippen molar-refractivity contribution in [2.45, 2.75) is 13.8 Å². The Bertz CT molecular complexity index is 1030. The van der Waals surface area contributed by atoms with Gasteiger partial charge in [-0.3, -0.25) is 19.3 Å². The van der Waals surface area contributed by atoms with Crippen molar-refractivity contribution in [1.82, 2.24) is 4.90 Å². The highest BCUT2D eigenvalue weighted by molar-refractivity contribution is 8.18. The lowest BCUT2D eigenvalue weighted by Gasteiger charge is -2.14. The van der Waals surface area contributed by atoms with Crippen molar-refractivity contribution in [3.05, 3.63) is 58.0 Å². The number of rotatable bonds is 5. The number of benzene rings is 2. The van der Waals surface area contributed by atoms with E-state index in [4.69, 9.17) is 4.74 Å². The molecular weight excluding hydrogens is 392 g/mol. The first-order valence-electron chi connectivity index (χ1n) is 8.78. The van der Waals surface area contributed by atoms with Crippen molar-refractivity contribution >= 4 is 40.6 Å². The van der Waals surface area contributed by atoms with E-state index in [9.17, 15) is 19.5 Å². The molecule has 150 valence electrons. The number of carbonyl (C=O) groups is 3.